The second kappa shape index (κ2) is 7.79. The van der Waals surface area contributed by atoms with Crippen LogP contribution in [0.5, 0.6) is 0 Å². The molecule has 1 aliphatic rings. The van der Waals surface area contributed by atoms with E-state index in [0.717, 1.165) is 6.54 Å². The number of nitrogens with zero attached hydrogens (tertiary/aromatic N) is 4. The Bertz CT molecular complexity index is 1130. The first-order valence-electron chi connectivity index (χ1n) is 9.80. The van der Waals surface area contributed by atoms with Crippen molar-refractivity contribution in [3.63, 3.8) is 0 Å². The van der Waals surface area contributed by atoms with Crippen LogP contribution in [-0.4, -0.2) is 63.2 Å². The van der Waals surface area contributed by atoms with E-state index in [1.165, 1.54) is 11.2 Å². The molecule has 0 unspecified atom stereocenters. The number of hydrogen-bond donors (Lipinski definition) is 1. The van der Waals surface area contributed by atoms with Gasteiger partial charge in [-0.15, -0.1) is 0 Å². The number of furan rings is 1. The molecular formula is C22H24N4O4. The van der Waals surface area contributed by atoms with E-state index in [9.17, 15) is 14.7 Å². The van der Waals surface area contributed by atoms with Gasteiger partial charge >= 0.3 is 0 Å². The highest BCUT2D eigenvalue weighted by Crippen LogP contribution is 2.40. The fourth-order valence-electron chi connectivity index (χ4n) is 3.94. The average Bonchev–Trinajstić information content (AvgIpc) is 3.40. The van der Waals surface area contributed by atoms with Gasteiger partial charge in [0.2, 0.25) is 0 Å². The van der Waals surface area contributed by atoms with Crippen molar-refractivity contribution in [2.24, 2.45) is 0 Å². The molecule has 30 heavy (non-hydrogen) atoms. The molecule has 1 N–H and O–H groups in total. The van der Waals surface area contributed by atoms with Crippen LogP contribution in [0.25, 0.3) is 11.4 Å². The molecule has 1 amide bonds. The number of carbonyl (C=O) groups excluding carboxylic acids is 2. The van der Waals surface area contributed by atoms with Gasteiger partial charge in [0.05, 0.1) is 17.5 Å². The number of aliphatic hydroxyl groups excluding tert-OH is 1. The van der Waals surface area contributed by atoms with Crippen LogP contribution >= 0.6 is 0 Å². The van der Waals surface area contributed by atoms with E-state index in [1.807, 2.05) is 37.2 Å². The Hall–Kier alpha value is -3.39. The quantitative estimate of drug-likeness (QED) is 0.383. The molecule has 0 spiro atoms. The number of hydrogen-bond acceptors (Lipinski definition) is 6. The minimum atomic E-state index is -0.782. The first-order chi connectivity index (χ1) is 14.4. The summed E-state index contributed by atoms with van der Waals surface area (Å²) < 4.78 is 7.27. The first-order valence-corrected chi connectivity index (χ1v) is 9.80. The lowest BCUT2D eigenvalue weighted by Crippen LogP contribution is -2.32. The highest BCUT2D eigenvalue weighted by Gasteiger charge is 2.47. The maximum Gasteiger partial charge on any atom is 0.295 e. The van der Waals surface area contributed by atoms with Crippen LogP contribution in [-0.2, 0) is 9.59 Å². The van der Waals surface area contributed by atoms with Crippen molar-refractivity contribution in [3.05, 3.63) is 65.5 Å². The summed E-state index contributed by atoms with van der Waals surface area (Å²) in [5.41, 5.74) is 1.63. The van der Waals surface area contributed by atoms with Gasteiger partial charge in [0.15, 0.2) is 5.76 Å². The Balaban J connectivity index is 1.85. The summed E-state index contributed by atoms with van der Waals surface area (Å²) >= 11 is 0. The highest BCUT2D eigenvalue weighted by molar-refractivity contribution is 6.46. The van der Waals surface area contributed by atoms with Crippen molar-refractivity contribution < 1.29 is 19.1 Å². The zero-order chi connectivity index (χ0) is 21.4. The van der Waals surface area contributed by atoms with Crippen LogP contribution in [0, 0.1) is 6.92 Å². The van der Waals surface area contributed by atoms with Crippen LogP contribution in [0.1, 0.15) is 29.6 Å². The van der Waals surface area contributed by atoms with E-state index in [-0.39, 0.29) is 11.3 Å². The van der Waals surface area contributed by atoms with Crippen LogP contribution in [0.4, 0.5) is 0 Å². The van der Waals surface area contributed by atoms with E-state index in [4.69, 9.17) is 4.42 Å². The van der Waals surface area contributed by atoms with E-state index in [0.29, 0.717) is 35.8 Å². The Kier molecular flexibility index (Phi) is 5.17. The Labute approximate surface area is 174 Å². The molecule has 0 radical (unpaired) electrons. The summed E-state index contributed by atoms with van der Waals surface area (Å²) in [6.07, 6.45) is 3.94. The van der Waals surface area contributed by atoms with Gasteiger partial charge in [0, 0.05) is 12.7 Å². The number of rotatable bonds is 6. The number of fused-ring (bicyclic) bond motifs is 1. The van der Waals surface area contributed by atoms with Gasteiger partial charge in [-0.1, -0.05) is 6.07 Å². The number of aryl methyl sites for hydroxylation is 1. The zero-order valence-electron chi connectivity index (χ0n) is 17.2. The lowest BCUT2D eigenvalue weighted by atomic mass is 10.0. The van der Waals surface area contributed by atoms with Crippen molar-refractivity contribution in [1.29, 1.82) is 0 Å². The van der Waals surface area contributed by atoms with Crippen LogP contribution in [0.15, 0.2) is 52.8 Å². The van der Waals surface area contributed by atoms with Gasteiger partial charge in [0.25, 0.3) is 11.7 Å². The minimum Gasteiger partial charge on any atom is -0.505 e. The van der Waals surface area contributed by atoms with Gasteiger partial charge in [0.1, 0.15) is 23.1 Å². The molecule has 0 saturated carbocycles. The Morgan fingerprint density at radius 2 is 2.03 bits per heavy atom. The monoisotopic (exact) mass is 408 g/mol. The third-order valence-electron chi connectivity index (χ3n) is 5.29. The average molecular weight is 408 g/mol. The summed E-state index contributed by atoms with van der Waals surface area (Å²) in [6, 6.07) is 8.11. The molecule has 0 aromatic carbocycles. The van der Waals surface area contributed by atoms with Gasteiger partial charge in [-0.05, 0) is 58.3 Å². The zero-order valence-corrected chi connectivity index (χ0v) is 17.2. The minimum absolute atomic E-state index is 0.0218. The lowest BCUT2D eigenvalue weighted by molar-refractivity contribution is -0.140. The summed E-state index contributed by atoms with van der Waals surface area (Å²) in [6.45, 7) is 2.90. The SMILES string of the molecule is Cc1nc2ccccn2c1C(O)=C1C(=O)C(=O)N(CCCN(C)C)[C@@H]1c1ccco1. The molecule has 0 bridgehead atoms. The van der Waals surface area contributed by atoms with E-state index >= 15 is 0 Å². The fraction of sp³-hybridized carbons (Fsp3) is 0.318. The van der Waals surface area contributed by atoms with E-state index in [2.05, 4.69) is 4.98 Å². The molecule has 0 aliphatic carbocycles. The predicted octanol–water partition coefficient (Wildman–Crippen LogP) is 2.61. The number of amides is 1. The van der Waals surface area contributed by atoms with Crippen molar-refractivity contribution in [2.75, 3.05) is 27.2 Å². The summed E-state index contributed by atoms with van der Waals surface area (Å²) in [5.74, 6) is -1.17. The molecule has 156 valence electrons. The maximum absolute atomic E-state index is 13.0. The molecule has 3 aromatic rings. The highest BCUT2D eigenvalue weighted by atomic mass is 16.3. The molecule has 1 saturated heterocycles. The lowest BCUT2D eigenvalue weighted by Gasteiger charge is -2.24. The number of carbonyl (C=O) groups is 2. The van der Waals surface area contributed by atoms with E-state index in [1.54, 1.807) is 29.7 Å². The number of imidazole rings is 1. The molecule has 3 aromatic heterocycles. The third-order valence-corrected chi connectivity index (χ3v) is 5.29. The van der Waals surface area contributed by atoms with Gasteiger partial charge in [-0.3, -0.25) is 14.0 Å². The number of Topliss-reactive ketones (excluding diaryl/α,β-unsaturated/α-hetero) is 1. The molecule has 1 fully saturated rings. The summed E-state index contributed by atoms with van der Waals surface area (Å²) in [5, 5.41) is 11.2. The standard InChI is InChI=1S/C22H24N4O4/c1-14-18(25-11-5-4-9-16(25)23-14)20(27)17-19(15-8-6-13-30-15)26(22(29)21(17)28)12-7-10-24(2)3/h4-6,8-9,11,13,19,27H,7,10,12H2,1-3H3/t19-/m1/s1. The van der Waals surface area contributed by atoms with E-state index < -0.39 is 17.7 Å². The largest absolute Gasteiger partial charge is 0.505 e. The van der Waals surface area contributed by atoms with Crippen LogP contribution in [0.2, 0.25) is 0 Å². The van der Waals surface area contributed by atoms with Crippen molar-refractivity contribution >= 4 is 23.1 Å². The molecule has 4 rings (SSSR count). The second-order valence-corrected chi connectivity index (χ2v) is 7.64. The molecule has 8 heteroatoms. The Morgan fingerprint density at radius 3 is 2.73 bits per heavy atom. The number of aliphatic hydroxyl groups is 1. The molecule has 1 atom stereocenters. The summed E-state index contributed by atoms with van der Waals surface area (Å²) in [4.78, 5) is 33.8. The summed E-state index contributed by atoms with van der Waals surface area (Å²) in [7, 11) is 3.90. The molecule has 4 heterocycles. The molecule has 1 aliphatic heterocycles. The third kappa shape index (κ3) is 3.29. The van der Waals surface area contributed by atoms with Gasteiger partial charge in [-0.25, -0.2) is 4.98 Å². The van der Waals surface area contributed by atoms with Crippen LogP contribution < -0.4 is 0 Å². The first kappa shape index (κ1) is 19.9. The second-order valence-electron chi connectivity index (χ2n) is 7.64. The smallest absolute Gasteiger partial charge is 0.295 e. The number of ketones is 1. The van der Waals surface area contributed by atoms with Crippen LogP contribution in [0.3, 0.4) is 0 Å². The normalized spacial score (nSPS) is 18.8. The van der Waals surface area contributed by atoms with Gasteiger partial charge in [-0.2, -0.15) is 0 Å². The topological polar surface area (TPSA) is 91.3 Å². The Morgan fingerprint density at radius 1 is 1.23 bits per heavy atom. The molecular weight excluding hydrogens is 384 g/mol. The fourth-order valence-corrected chi connectivity index (χ4v) is 3.94. The van der Waals surface area contributed by atoms with Crippen molar-refractivity contribution in [3.8, 4) is 0 Å². The predicted molar refractivity (Wildman–Crippen MR) is 111 cm³/mol. The number of aromatic nitrogens is 2. The van der Waals surface area contributed by atoms with Crippen molar-refractivity contribution in [1.82, 2.24) is 19.2 Å². The number of pyridine rings is 1. The molecule has 8 nitrogen and oxygen atoms in total. The van der Waals surface area contributed by atoms with Crippen molar-refractivity contribution in [2.45, 2.75) is 19.4 Å². The number of likely N-dealkylation sites (tertiary alicyclic amines) is 1. The maximum atomic E-state index is 13.0. The van der Waals surface area contributed by atoms with Gasteiger partial charge < -0.3 is 19.3 Å².